The first-order chi connectivity index (χ1) is 14.5. The van der Waals surface area contributed by atoms with E-state index in [0.717, 1.165) is 35.1 Å². The summed E-state index contributed by atoms with van der Waals surface area (Å²) in [5, 5.41) is 3.44. The number of furan rings is 1. The summed E-state index contributed by atoms with van der Waals surface area (Å²) in [6.07, 6.45) is 2.32. The van der Waals surface area contributed by atoms with E-state index in [1.807, 2.05) is 24.3 Å². The summed E-state index contributed by atoms with van der Waals surface area (Å²) in [5.74, 6) is -0.239. The average Bonchev–Trinajstić information content (AvgIpc) is 3.27. The van der Waals surface area contributed by atoms with Gasteiger partial charge in [-0.2, -0.15) is 0 Å². The van der Waals surface area contributed by atoms with Crippen molar-refractivity contribution in [2.24, 2.45) is 0 Å². The highest BCUT2D eigenvalue weighted by Gasteiger charge is 2.27. The fraction of sp³-hybridized carbons (Fsp3) is 0.348. The van der Waals surface area contributed by atoms with Gasteiger partial charge in [-0.3, -0.25) is 14.7 Å². The topological polar surface area (TPSA) is 84.7 Å². The van der Waals surface area contributed by atoms with Gasteiger partial charge in [0.05, 0.1) is 23.9 Å². The molecule has 0 unspecified atom stereocenters. The van der Waals surface area contributed by atoms with E-state index in [2.05, 4.69) is 24.1 Å². The van der Waals surface area contributed by atoms with E-state index in [-0.39, 0.29) is 19.1 Å². The number of rotatable bonds is 6. The summed E-state index contributed by atoms with van der Waals surface area (Å²) >= 11 is 0. The number of amides is 1. The number of nitrogens with zero attached hydrogens (tertiary/aromatic N) is 2. The van der Waals surface area contributed by atoms with Crippen molar-refractivity contribution in [1.82, 2.24) is 15.2 Å². The SMILES string of the molecule is CC(C)N1CCc2nc3ccccc3c(C(=O)OCC(=O)NCc3ccco3)c2C1. The summed E-state index contributed by atoms with van der Waals surface area (Å²) in [5.41, 5.74) is 3.11. The average molecular weight is 407 g/mol. The Kier molecular flexibility index (Phi) is 5.81. The van der Waals surface area contributed by atoms with Gasteiger partial charge in [0.1, 0.15) is 5.76 Å². The zero-order valence-electron chi connectivity index (χ0n) is 17.2. The minimum absolute atomic E-state index is 0.250. The Morgan fingerprint density at radius 3 is 2.83 bits per heavy atom. The molecule has 0 radical (unpaired) electrons. The van der Waals surface area contributed by atoms with Crippen molar-refractivity contribution in [2.45, 2.75) is 39.4 Å². The molecular formula is C23H25N3O4. The molecule has 0 saturated heterocycles. The van der Waals surface area contributed by atoms with Crippen LogP contribution in [0.4, 0.5) is 0 Å². The molecular weight excluding hydrogens is 382 g/mol. The second-order valence-electron chi connectivity index (χ2n) is 7.68. The van der Waals surface area contributed by atoms with Crippen LogP contribution >= 0.6 is 0 Å². The van der Waals surface area contributed by atoms with Crippen LogP contribution in [0.15, 0.2) is 47.1 Å². The van der Waals surface area contributed by atoms with Crippen LogP contribution in [-0.4, -0.2) is 41.0 Å². The van der Waals surface area contributed by atoms with Crippen LogP contribution in [0.3, 0.4) is 0 Å². The molecule has 3 aromatic rings. The predicted octanol–water partition coefficient (Wildman–Crippen LogP) is 3.07. The molecule has 1 aliphatic rings. The third kappa shape index (κ3) is 4.21. The molecule has 1 aliphatic heterocycles. The molecule has 0 bridgehead atoms. The van der Waals surface area contributed by atoms with Crippen molar-refractivity contribution in [3.63, 3.8) is 0 Å². The van der Waals surface area contributed by atoms with Gasteiger partial charge in [0.25, 0.3) is 5.91 Å². The number of nitrogens with one attached hydrogen (secondary N) is 1. The molecule has 1 aromatic carbocycles. The number of benzene rings is 1. The van der Waals surface area contributed by atoms with E-state index in [1.54, 1.807) is 18.4 Å². The Morgan fingerprint density at radius 1 is 1.23 bits per heavy atom. The van der Waals surface area contributed by atoms with Gasteiger partial charge in [0, 0.05) is 42.2 Å². The highest BCUT2D eigenvalue weighted by molar-refractivity contribution is 6.05. The van der Waals surface area contributed by atoms with Crippen LogP contribution in [0.1, 0.15) is 41.2 Å². The number of fused-ring (bicyclic) bond motifs is 2. The van der Waals surface area contributed by atoms with E-state index in [1.165, 1.54) is 0 Å². The fourth-order valence-electron chi connectivity index (χ4n) is 3.74. The van der Waals surface area contributed by atoms with Crippen molar-refractivity contribution in [2.75, 3.05) is 13.2 Å². The smallest absolute Gasteiger partial charge is 0.339 e. The van der Waals surface area contributed by atoms with Gasteiger partial charge < -0.3 is 14.5 Å². The number of hydrogen-bond acceptors (Lipinski definition) is 6. The molecule has 0 fully saturated rings. The molecule has 1 amide bonds. The highest BCUT2D eigenvalue weighted by Crippen LogP contribution is 2.29. The summed E-state index contributed by atoms with van der Waals surface area (Å²) in [4.78, 5) is 32.3. The zero-order valence-corrected chi connectivity index (χ0v) is 17.2. The van der Waals surface area contributed by atoms with Crippen LogP contribution in [0.25, 0.3) is 10.9 Å². The second kappa shape index (κ2) is 8.67. The third-order valence-corrected chi connectivity index (χ3v) is 5.38. The van der Waals surface area contributed by atoms with Gasteiger partial charge in [0.2, 0.25) is 0 Å². The van der Waals surface area contributed by atoms with Gasteiger partial charge in [-0.05, 0) is 32.0 Å². The van der Waals surface area contributed by atoms with Crippen LogP contribution in [0.2, 0.25) is 0 Å². The number of carbonyl (C=O) groups excluding carboxylic acids is 2. The zero-order chi connectivity index (χ0) is 21.1. The van der Waals surface area contributed by atoms with Crippen LogP contribution < -0.4 is 5.32 Å². The molecule has 0 spiro atoms. The lowest BCUT2D eigenvalue weighted by Gasteiger charge is -2.32. The van der Waals surface area contributed by atoms with Crippen LogP contribution in [0.5, 0.6) is 0 Å². The molecule has 0 atom stereocenters. The van der Waals surface area contributed by atoms with E-state index >= 15 is 0 Å². The molecule has 3 heterocycles. The van der Waals surface area contributed by atoms with E-state index in [0.29, 0.717) is 23.9 Å². The fourth-order valence-corrected chi connectivity index (χ4v) is 3.74. The molecule has 156 valence electrons. The molecule has 30 heavy (non-hydrogen) atoms. The monoisotopic (exact) mass is 407 g/mol. The van der Waals surface area contributed by atoms with Crippen molar-refractivity contribution < 1.29 is 18.7 Å². The largest absolute Gasteiger partial charge is 0.467 e. The number of ether oxygens (including phenoxy) is 1. The third-order valence-electron chi connectivity index (χ3n) is 5.38. The number of esters is 1. The molecule has 4 rings (SSSR count). The minimum atomic E-state index is -0.497. The van der Waals surface area contributed by atoms with Gasteiger partial charge in [0.15, 0.2) is 6.61 Å². The van der Waals surface area contributed by atoms with Crippen LogP contribution in [0, 0.1) is 0 Å². The summed E-state index contributed by atoms with van der Waals surface area (Å²) in [6.45, 7) is 5.72. The molecule has 7 nitrogen and oxygen atoms in total. The number of aromatic nitrogens is 1. The first-order valence-corrected chi connectivity index (χ1v) is 10.1. The molecule has 1 N–H and O–H groups in total. The van der Waals surface area contributed by atoms with Gasteiger partial charge >= 0.3 is 5.97 Å². The van der Waals surface area contributed by atoms with Gasteiger partial charge in [-0.15, -0.1) is 0 Å². The highest BCUT2D eigenvalue weighted by atomic mass is 16.5. The number of hydrogen-bond donors (Lipinski definition) is 1. The lowest BCUT2D eigenvalue weighted by atomic mass is 9.95. The van der Waals surface area contributed by atoms with Crippen molar-refractivity contribution >= 4 is 22.8 Å². The first kappa shape index (κ1) is 20.1. The Morgan fingerprint density at radius 2 is 2.07 bits per heavy atom. The van der Waals surface area contributed by atoms with E-state index < -0.39 is 5.97 Å². The molecule has 0 aliphatic carbocycles. The first-order valence-electron chi connectivity index (χ1n) is 10.1. The molecule has 0 saturated carbocycles. The number of para-hydroxylation sites is 1. The predicted molar refractivity (Wildman–Crippen MR) is 112 cm³/mol. The van der Waals surface area contributed by atoms with E-state index in [9.17, 15) is 9.59 Å². The standard InChI is InChI=1S/C23H25N3O4/c1-15(2)26-10-9-20-18(13-26)22(17-7-3-4-8-19(17)25-20)23(28)30-14-21(27)24-12-16-6-5-11-29-16/h3-8,11,15H,9-10,12-14H2,1-2H3,(H,24,27). The quantitative estimate of drug-likeness (QED) is 0.632. The second-order valence-corrected chi connectivity index (χ2v) is 7.68. The van der Waals surface area contributed by atoms with E-state index in [4.69, 9.17) is 14.1 Å². The minimum Gasteiger partial charge on any atom is -0.467 e. The maximum absolute atomic E-state index is 13.1. The van der Waals surface area contributed by atoms with Crippen molar-refractivity contribution in [3.8, 4) is 0 Å². The Bertz CT molecular complexity index is 1060. The maximum atomic E-state index is 13.1. The van der Waals surface area contributed by atoms with Gasteiger partial charge in [-0.25, -0.2) is 4.79 Å². The Balaban J connectivity index is 1.55. The summed E-state index contributed by atoms with van der Waals surface area (Å²) < 4.78 is 10.6. The maximum Gasteiger partial charge on any atom is 0.339 e. The summed E-state index contributed by atoms with van der Waals surface area (Å²) in [6, 6.07) is 11.4. The van der Waals surface area contributed by atoms with Crippen molar-refractivity contribution in [1.29, 1.82) is 0 Å². The van der Waals surface area contributed by atoms with Crippen molar-refractivity contribution in [3.05, 3.63) is 65.2 Å². The molecule has 7 heteroatoms. The Labute approximate surface area is 175 Å². The normalized spacial score (nSPS) is 14.0. The van der Waals surface area contributed by atoms with Crippen LogP contribution in [-0.2, 0) is 29.0 Å². The molecule has 2 aromatic heterocycles. The number of pyridine rings is 1. The van der Waals surface area contributed by atoms with Gasteiger partial charge in [-0.1, -0.05) is 18.2 Å². The lowest BCUT2D eigenvalue weighted by molar-refractivity contribution is -0.124. The lowest BCUT2D eigenvalue weighted by Crippen LogP contribution is -2.37. The summed E-state index contributed by atoms with van der Waals surface area (Å²) in [7, 11) is 0. The number of carbonyl (C=O) groups is 2. The Hall–Kier alpha value is -3.19.